The molecule has 0 saturated carbocycles. The van der Waals surface area contributed by atoms with Crippen molar-refractivity contribution >= 4 is 98.8 Å². The van der Waals surface area contributed by atoms with Crippen molar-refractivity contribution in [2.75, 3.05) is 53.6 Å². The lowest BCUT2D eigenvalue weighted by Gasteiger charge is -2.37. The number of phosphoric ester groups is 4. The Morgan fingerprint density at radius 1 is 0.348 bits per heavy atom. The highest BCUT2D eigenvalue weighted by Crippen LogP contribution is 2.60. The van der Waals surface area contributed by atoms with Gasteiger partial charge in [-0.05, 0) is 75.6 Å². The van der Waals surface area contributed by atoms with E-state index in [-0.39, 0.29) is 141 Å². The molecule has 36 heteroatoms. The highest BCUT2D eigenvalue weighted by molar-refractivity contribution is 8.13. The highest BCUT2D eigenvalue weighted by atomic mass is 32.2. The molecule has 0 atom stereocenters. The van der Waals surface area contributed by atoms with Crippen LogP contribution in [0.5, 0.6) is 46.0 Å². The van der Waals surface area contributed by atoms with Crippen molar-refractivity contribution in [3.05, 3.63) is 91.0 Å². The third kappa shape index (κ3) is 18.3. The lowest BCUT2D eigenvalue weighted by molar-refractivity contribution is -0.109. The summed E-state index contributed by atoms with van der Waals surface area (Å²) in [4.78, 5) is 133. The molecule has 28 nitrogen and oxygen atoms in total. The number of hydrogen-bond acceptors (Lipinski definition) is 24. The van der Waals surface area contributed by atoms with Gasteiger partial charge in [-0.25, -0.2) is 18.3 Å². The minimum Gasteiger partial charge on any atom is -0.457 e. The van der Waals surface area contributed by atoms with Crippen LogP contribution in [-0.4, -0.2) is 113 Å². The first-order chi connectivity index (χ1) is 43.5. The standard InChI is InChI=1S/C56H68O28P4S4/c1-29(57)89-21-45-49-37-17-38-34(10-6-14-82-86(64,65)66)40-19-42-36(12-8-16-84-88(70,71)72)44-20-43-35(11-7-15-83-87(67,68)69)41-18-39(33(37)9-5-13-81-85(61,62)63)51(75-25-73-49)46(22-90-30(2)58)53(41)77-27-79-55(43)48(24-92-32(4)60)56(44)80-28-78-54(42)47(23-91-31(3)59)52(40)76-26-74-50(38)45/h17-20,33-36H,5-16,21-28H2,1-4H3,(H2,61,62,63)(H2,64,65,66)(H2,67,68,69)(H2,70,71,72). The van der Waals surface area contributed by atoms with Crippen molar-refractivity contribution in [2.45, 2.75) is 126 Å². The van der Waals surface area contributed by atoms with Gasteiger partial charge < -0.3 is 77.0 Å². The van der Waals surface area contributed by atoms with Crippen LogP contribution in [0.3, 0.4) is 0 Å². The molecule has 0 fully saturated rings. The summed E-state index contributed by atoms with van der Waals surface area (Å²) in [7, 11) is -20.2. The molecule has 0 aromatic heterocycles. The number of hydrogen-bond donors (Lipinski definition) is 8. The van der Waals surface area contributed by atoms with E-state index in [2.05, 4.69) is 0 Å². The molecular formula is C56H68O28P4S4. The third-order valence-electron chi connectivity index (χ3n) is 15.4. The summed E-state index contributed by atoms with van der Waals surface area (Å²) >= 11 is 3.63. The third-order valence-corrected chi connectivity index (χ3v) is 20.9. The van der Waals surface area contributed by atoms with Crippen LogP contribution in [0.25, 0.3) is 0 Å². The Morgan fingerprint density at radius 3 is 0.652 bits per heavy atom. The van der Waals surface area contributed by atoms with Gasteiger partial charge in [0, 0.05) is 141 Å². The second-order valence-electron chi connectivity index (χ2n) is 21.6. The largest absolute Gasteiger partial charge is 0.469 e. The molecule has 8 N–H and O–H groups in total. The van der Waals surface area contributed by atoms with E-state index in [1.165, 1.54) is 27.7 Å². The van der Waals surface area contributed by atoms with Gasteiger partial charge in [0.2, 0.25) is 27.2 Å². The van der Waals surface area contributed by atoms with Crippen LogP contribution in [-0.2, 0) is 78.5 Å². The van der Waals surface area contributed by atoms with Gasteiger partial charge in [0.05, 0.1) is 26.4 Å². The maximum atomic E-state index is 13.2. The average Bonchev–Trinajstić information content (AvgIpc) is 0.731. The summed E-state index contributed by atoms with van der Waals surface area (Å²) in [6.07, 6.45) is -0.257. The smallest absolute Gasteiger partial charge is 0.457 e. The van der Waals surface area contributed by atoms with E-state index in [0.29, 0.717) is 66.8 Å². The second kappa shape index (κ2) is 30.9. The van der Waals surface area contributed by atoms with Crippen LogP contribution in [0, 0.1) is 0 Å². The second-order valence-corrected chi connectivity index (χ2v) is 31.2. The topological polar surface area (TPSA) is 409 Å². The van der Waals surface area contributed by atoms with Crippen LogP contribution in [0.1, 0.15) is 169 Å². The molecule has 0 unspecified atom stereocenters. The maximum Gasteiger partial charge on any atom is 0.469 e. The molecule has 1 aliphatic carbocycles. The van der Waals surface area contributed by atoms with Crippen LogP contribution in [0.15, 0.2) is 24.3 Å². The van der Waals surface area contributed by atoms with Gasteiger partial charge >= 0.3 is 31.3 Å². The van der Waals surface area contributed by atoms with Crippen molar-refractivity contribution in [3.8, 4) is 46.0 Å². The summed E-state index contributed by atoms with van der Waals surface area (Å²) in [5.74, 6) is -3.04. The molecule has 4 heterocycles. The molecule has 504 valence electrons. The molecular weight excluding hydrogens is 1370 g/mol. The molecule has 92 heavy (non-hydrogen) atoms. The van der Waals surface area contributed by atoms with E-state index in [4.69, 9.17) is 56.0 Å². The van der Waals surface area contributed by atoms with Gasteiger partial charge in [0.25, 0.3) is 0 Å². The van der Waals surface area contributed by atoms with Crippen molar-refractivity contribution in [1.29, 1.82) is 0 Å². The van der Waals surface area contributed by atoms with Gasteiger partial charge in [-0.15, -0.1) is 0 Å². The van der Waals surface area contributed by atoms with Crippen LogP contribution in [0.2, 0.25) is 0 Å². The van der Waals surface area contributed by atoms with Gasteiger partial charge in [0.15, 0.2) is 20.5 Å². The molecule has 0 saturated heterocycles. The Kier molecular flexibility index (Phi) is 24.2. The monoisotopic (exact) mass is 1440 g/mol. The molecule has 0 amide bonds. The van der Waals surface area contributed by atoms with Crippen molar-refractivity contribution in [3.63, 3.8) is 0 Å². The normalized spacial score (nSPS) is 18.0. The minimum atomic E-state index is -5.06. The van der Waals surface area contributed by atoms with E-state index in [1.807, 2.05) is 24.3 Å². The number of ether oxygens (including phenoxy) is 8. The SMILES string of the molecule is CC(=O)SCc1c2c3cc4c1OCOc1c(cc5c(c1CSC(C)=O)OCOc1c(cc6c(c1CSC(C)=O)OCOc1c(cc(c(c1CSC(C)=O)OCO2)C3CCCOP(=O)(O)O)C6CCCOP(=O)(O)O)C5CCCOP(=O)(O)O)C4CCCOP(=O)(O)O. The van der Waals surface area contributed by atoms with E-state index in [9.17, 15) is 76.6 Å². The van der Waals surface area contributed by atoms with Crippen LogP contribution < -0.4 is 37.9 Å². The molecule has 0 radical (unpaired) electrons. The van der Waals surface area contributed by atoms with Crippen molar-refractivity contribution in [2.24, 2.45) is 0 Å². The summed E-state index contributed by atoms with van der Waals surface area (Å²) < 4.78 is 123. The first kappa shape index (κ1) is 72.1. The molecule has 8 bridgehead atoms. The summed E-state index contributed by atoms with van der Waals surface area (Å²) in [5, 5.41) is -1.25. The Morgan fingerprint density at radius 2 is 0.511 bits per heavy atom. The number of carbonyl (C=O) groups excluding carboxylic acids is 4. The fraction of sp³-hybridized carbons (Fsp3) is 0.500. The van der Waals surface area contributed by atoms with Gasteiger partial charge in [-0.3, -0.25) is 37.3 Å². The number of phosphoric acid groups is 4. The lowest BCUT2D eigenvalue weighted by Crippen LogP contribution is -2.25. The van der Waals surface area contributed by atoms with E-state index in [0.717, 1.165) is 47.0 Å². The number of thioether (sulfide) groups is 4. The van der Waals surface area contributed by atoms with Crippen LogP contribution in [0.4, 0.5) is 0 Å². The zero-order valence-corrected chi connectivity index (χ0v) is 56.8. The quantitative estimate of drug-likeness (QED) is 0.0193. The Hall–Kier alpha value is -4.20. The predicted octanol–water partition coefficient (Wildman–Crippen LogP) is 10.1. The number of benzene rings is 4. The zero-order valence-electron chi connectivity index (χ0n) is 49.9. The Labute approximate surface area is 544 Å². The van der Waals surface area contributed by atoms with Gasteiger partial charge in [-0.2, -0.15) is 0 Å². The van der Waals surface area contributed by atoms with Gasteiger partial charge in [-0.1, -0.05) is 47.0 Å². The minimum absolute atomic E-state index is 0.00644. The van der Waals surface area contributed by atoms with Crippen LogP contribution >= 0.6 is 78.3 Å². The van der Waals surface area contributed by atoms with E-state index in [1.54, 1.807) is 0 Å². The van der Waals surface area contributed by atoms with Gasteiger partial charge in [0.1, 0.15) is 46.0 Å². The van der Waals surface area contributed by atoms with E-state index >= 15 is 0 Å². The first-order valence-electron chi connectivity index (χ1n) is 28.6. The van der Waals surface area contributed by atoms with Crippen molar-refractivity contribution in [1.82, 2.24) is 0 Å². The zero-order chi connectivity index (χ0) is 66.5. The number of rotatable bonds is 28. The maximum absolute atomic E-state index is 13.2. The fourth-order valence-electron chi connectivity index (χ4n) is 12.0. The molecule has 9 rings (SSSR count). The van der Waals surface area contributed by atoms with E-state index < -0.39 is 109 Å². The summed E-state index contributed by atoms with van der Waals surface area (Å²) in [6, 6.07) is 7.25. The Bertz CT molecular complexity index is 3090. The highest BCUT2D eigenvalue weighted by Gasteiger charge is 2.42. The lowest BCUT2D eigenvalue weighted by atomic mass is 9.74. The molecule has 0 spiro atoms. The predicted molar refractivity (Wildman–Crippen MR) is 334 cm³/mol. The van der Waals surface area contributed by atoms with Crippen molar-refractivity contribution < 1.29 is 133 Å². The average molecular weight is 1440 g/mol. The molecule has 4 aromatic carbocycles. The number of carbonyl (C=O) groups is 4. The fourth-order valence-corrected chi connectivity index (χ4v) is 15.9. The Balaban J connectivity index is 1.51. The summed E-state index contributed by atoms with van der Waals surface area (Å²) in [5.41, 5.74) is 4.51. The first-order valence-corrected chi connectivity index (χ1v) is 38.7. The summed E-state index contributed by atoms with van der Waals surface area (Å²) in [6.45, 7) is 1.42. The molecule has 4 aliphatic heterocycles. The molecule has 4 aromatic rings. The molecule has 5 aliphatic rings.